The van der Waals surface area contributed by atoms with Crippen molar-refractivity contribution in [1.82, 2.24) is 25.5 Å². The second-order valence-electron chi connectivity index (χ2n) is 6.69. The monoisotopic (exact) mass is 345 g/mol. The summed E-state index contributed by atoms with van der Waals surface area (Å²) in [5, 5.41) is 24.0. The first kappa shape index (κ1) is 17.2. The van der Waals surface area contributed by atoms with Gasteiger partial charge in [0, 0.05) is 18.5 Å². The molecule has 0 unspecified atom stereocenters. The number of hydrogen-bond acceptors (Lipinski definition) is 6. The number of tetrazole rings is 1. The third-order valence-electron chi connectivity index (χ3n) is 5.02. The van der Waals surface area contributed by atoms with Crippen molar-refractivity contribution in [1.29, 1.82) is 0 Å². The molecule has 0 spiro atoms. The van der Waals surface area contributed by atoms with Gasteiger partial charge >= 0.3 is 0 Å². The van der Waals surface area contributed by atoms with Gasteiger partial charge in [0.2, 0.25) is 0 Å². The van der Waals surface area contributed by atoms with E-state index in [4.69, 9.17) is 4.74 Å². The van der Waals surface area contributed by atoms with Gasteiger partial charge in [0.05, 0.1) is 6.54 Å². The van der Waals surface area contributed by atoms with Gasteiger partial charge in [-0.25, -0.2) is 4.68 Å². The molecule has 0 fully saturated rings. The Morgan fingerprint density at radius 3 is 2.80 bits per heavy atom. The zero-order chi connectivity index (χ0) is 18.2. The second kappa shape index (κ2) is 6.34. The predicted molar refractivity (Wildman–Crippen MR) is 90.5 cm³/mol. The first-order chi connectivity index (χ1) is 11.8. The van der Waals surface area contributed by atoms with Crippen molar-refractivity contribution in [3.63, 3.8) is 0 Å². The van der Waals surface area contributed by atoms with Crippen molar-refractivity contribution < 1.29 is 14.6 Å². The average Bonchev–Trinajstić information content (AvgIpc) is 3.11. The maximum absolute atomic E-state index is 12.7. The fourth-order valence-corrected chi connectivity index (χ4v) is 3.16. The average molecular weight is 345 g/mol. The van der Waals surface area contributed by atoms with Gasteiger partial charge in [-0.3, -0.25) is 4.79 Å². The number of amides is 1. The minimum absolute atomic E-state index is 0.158. The van der Waals surface area contributed by atoms with Gasteiger partial charge in [-0.05, 0) is 61.2 Å². The fourth-order valence-electron chi connectivity index (χ4n) is 3.16. The van der Waals surface area contributed by atoms with Crippen LogP contribution in [0.3, 0.4) is 0 Å². The van der Waals surface area contributed by atoms with Crippen LogP contribution >= 0.6 is 0 Å². The standard InChI is InChI=1S/C17H23N5O3/c1-10-11(2)15-13(12(3)14(10)23)5-6-17(4,25-15)16(24)18-7-8-22-9-19-20-21-22/h9,23H,5-8H2,1-4H3,(H,18,24)/t17-/m0/s1. The van der Waals surface area contributed by atoms with Gasteiger partial charge in [0.15, 0.2) is 5.60 Å². The molecule has 1 aromatic carbocycles. The third kappa shape index (κ3) is 3.04. The van der Waals surface area contributed by atoms with E-state index in [9.17, 15) is 9.90 Å². The molecular formula is C17H23N5O3. The Hall–Kier alpha value is -2.64. The molecule has 1 atom stereocenters. The zero-order valence-electron chi connectivity index (χ0n) is 15.0. The molecule has 0 saturated heterocycles. The number of nitrogens with one attached hydrogen (secondary N) is 1. The van der Waals surface area contributed by atoms with Crippen LogP contribution in [0.4, 0.5) is 0 Å². The molecule has 8 nitrogen and oxygen atoms in total. The number of phenolic OH excluding ortho intramolecular Hbond substituents is 1. The molecule has 0 radical (unpaired) electrons. The van der Waals surface area contributed by atoms with Crippen molar-refractivity contribution in [2.24, 2.45) is 0 Å². The van der Waals surface area contributed by atoms with Crippen LogP contribution in [0.1, 0.15) is 35.6 Å². The molecule has 2 heterocycles. The van der Waals surface area contributed by atoms with E-state index in [2.05, 4.69) is 20.8 Å². The van der Waals surface area contributed by atoms with E-state index in [-0.39, 0.29) is 5.91 Å². The van der Waals surface area contributed by atoms with Gasteiger partial charge in [0.1, 0.15) is 17.8 Å². The number of hydrogen-bond donors (Lipinski definition) is 2. The first-order valence-corrected chi connectivity index (χ1v) is 8.33. The van der Waals surface area contributed by atoms with E-state index in [1.165, 1.54) is 6.33 Å². The number of carbonyl (C=O) groups is 1. The van der Waals surface area contributed by atoms with Crippen LogP contribution < -0.4 is 10.1 Å². The van der Waals surface area contributed by atoms with Crippen molar-refractivity contribution in [2.75, 3.05) is 6.54 Å². The maximum Gasteiger partial charge on any atom is 0.263 e. The number of aromatic nitrogens is 4. The van der Waals surface area contributed by atoms with Crippen molar-refractivity contribution >= 4 is 5.91 Å². The topological polar surface area (TPSA) is 102 Å². The van der Waals surface area contributed by atoms with Crippen LogP contribution in [0.2, 0.25) is 0 Å². The molecule has 0 bridgehead atoms. The molecule has 0 aliphatic carbocycles. The number of nitrogens with zero attached hydrogens (tertiary/aromatic N) is 4. The summed E-state index contributed by atoms with van der Waals surface area (Å²) in [6.45, 7) is 8.38. The normalized spacial score (nSPS) is 19.2. The Balaban J connectivity index is 1.75. The molecule has 1 aliphatic heterocycles. The highest BCUT2D eigenvalue weighted by atomic mass is 16.5. The lowest BCUT2D eigenvalue weighted by atomic mass is 9.86. The van der Waals surface area contributed by atoms with Crippen molar-refractivity contribution in [3.05, 3.63) is 28.6 Å². The summed E-state index contributed by atoms with van der Waals surface area (Å²) < 4.78 is 7.70. The van der Waals surface area contributed by atoms with Crippen molar-refractivity contribution in [3.8, 4) is 11.5 Å². The summed E-state index contributed by atoms with van der Waals surface area (Å²) >= 11 is 0. The number of ether oxygens (including phenoxy) is 1. The van der Waals surface area contributed by atoms with E-state index < -0.39 is 5.60 Å². The second-order valence-corrected chi connectivity index (χ2v) is 6.69. The molecule has 0 saturated carbocycles. The summed E-state index contributed by atoms with van der Waals surface area (Å²) in [5.41, 5.74) is 2.55. The SMILES string of the molecule is Cc1c(C)c2c(c(C)c1O)CC[C@@](C)(C(=O)NCCn1cnnn1)O2. The minimum atomic E-state index is -0.936. The summed E-state index contributed by atoms with van der Waals surface area (Å²) in [6, 6.07) is 0. The van der Waals surface area contributed by atoms with Gasteiger partial charge in [-0.1, -0.05) is 0 Å². The molecule has 8 heteroatoms. The smallest absolute Gasteiger partial charge is 0.263 e. The highest BCUT2D eigenvalue weighted by molar-refractivity contribution is 5.85. The minimum Gasteiger partial charge on any atom is -0.507 e. The molecule has 1 amide bonds. The highest BCUT2D eigenvalue weighted by Gasteiger charge is 2.40. The lowest BCUT2D eigenvalue weighted by molar-refractivity contribution is -0.136. The van der Waals surface area contributed by atoms with Crippen LogP contribution in [0, 0.1) is 20.8 Å². The number of benzene rings is 1. The van der Waals surface area contributed by atoms with Crippen LogP contribution in [-0.4, -0.2) is 43.4 Å². The molecule has 2 N–H and O–H groups in total. The molecule has 1 aromatic heterocycles. The Morgan fingerprint density at radius 1 is 1.36 bits per heavy atom. The van der Waals surface area contributed by atoms with Gasteiger partial charge in [0.25, 0.3) is 5.91 Å². The number of aromatic hydroxyl groups is 1. The van der Waals surface area contributed by atoms with Gasteiger partial charge in [-0.2, -0.15) is 0 Å². The lowest BCUT2D eigenvalue weighted by Gasteiger charge is -2.36. The Morgan fingerprint density at radius 2 is 2.12 bits per heavy atom. The van der Waals surface area contributed by atoms with Crippen LogP contribution in [0.5, 0.6) is 11.5 Å². The highest BCUT2D eigenvalue weighted by Crippen LogP contribution is 2.43. The quantitative estimate of drug-likeness (QED) is 0.863. The van der Waals surface area contributed by atoms with Crippen LogP contribution in [0.15, 0.2) is 6.33 Å². The molecular weight excluding hydrogens is 322 g/mol. The molecule has 3 rings (SSSR count). The van der Waals surface area contributed by atoms with Crippen LogP contribution in [-0.2, 0) is 17.8 Å². The number of fused-ring (bicyclic) bond motifs is 1. The summed E-state index contributed by atoms with van der Waals surface area (Å²) in [7, 11) is 0. The van der Waals surface area contributed by atoms with Gasteiger partial charge in [-0.15, -0.1) is 5.10 Å². The number of phenols is 1. The van der Waals surface area contributed by atoms with E-state index in [1.807, 2.05) is 20.8 Å². The maximum atomic E-state index is 12.7. The van der Waals surface area contributed by atoms with E-state index in [0.29, 0.717) is 31.7 Å². The predicted octanol–water partition coefficient (Wildman–Crippen LogP) is 1.20. The Kier molecular flexibility index (Phi) is 4.36. The number of carbonyl (C=O) groups excluding carboxylic acids is 1. The van der Waals surface area contributed by atoms with E-state index >= 15 is 0 Å². The lowest BCUT2D eigenvalue weighted by Crippen LogP contribution is -2.51. The Labute approximate surface area is 146 Å². The zero-order valence-corrected chi connectivity index (χ0v) is 15.0. The van der Waals surface area contributed by atoms with Crippen molar-refractivity contribution in [2.45, 2.75) is 52.7 Å². The molecule has 25 heavy (non-hydrogen) atoms. The van der Waals surface area contributed by atoms with E-state index in [1.54, 1.807) is 11.6 Å². The fraction of sp³-hybridized carbons (Fsp3) is 0.529. The number of rotatable bonds is 4. The molecule has 1 aliphatic rings. The summed E-state index contributed by atoms with van der Waals surface area (Å²) in [6.07, 6.45) is 2.74. The molecule has 2 aromatic rings. The third-order valence-corrected chi connectivity index (χ3v) is 5.02. The largest absolute Gasteiger partial charge is 0.507 e. The van der Waals surface area contributed by atoms with Gasteiger partial charge < -0.3 is 15.2 Å². The first-order valence-electron chi connectivity index (χ1n) is 8.33. The molecule has 134 valence electrons. The summed E-state index contributed by atoms with van der Waals surface area (Å²) in [4.78, 5) is 12.7. The Bertz CT molecular complexity index is 803. The van der Waals surface area contributed by atoms with Crippen LogP contribution in [0.25, 0.3) is 0 Å². The van der Waals surface area contributed by atoms with E-state index in [0.717, 1.165) is 28.0 Å². The summed E-state index contributed by atoms with van der Waals surface area (Å²) in [5.74, 6) is 0.875.